The van der Waals surface area contributed by atoms with E-state index in [1.807, 2.05) is 29.2 Å². The molecule has 1 N–H and O–H groups in total. The Labute approximate surface area is 195 Å². The molecule has 33 heavy (non-hydrogen) atoms. The van der Waals surface area contributed by atoms with Crippen LogP contribution in [0.15, 0.2) is 60.9 Å². The quantitative estimate of drug-likeness (QED) is 0.652. The molecule has 1 aromatic carbocycles. The third-order valence-corrected chi connectivity index (χ3v) is 7.25. The molecule has 2 fully saturated rings. The van der Waals surface area contributed by atoms with E-state index in [0.29, 0.717) is 35.9 Å². The number of benzene rings is 1. The number of hydrogen-bond donors (Lipinski definition) is 1. The maximum Gasteiger partial charge on any atom is 0.255 e. The second-order valence-electron chi connectivity index (χ2n) is 9.46. The van der Waals surface area contributed by atoms with E-state index in [-0.39, 0.29) is 17.9 Å². The van der Waals surface area contributed by atoms with Crippen molar-refractivity contribution in [1.82, 2.24) is 15.2 Å². The zero-order valence-corrected chi connectivity index (χ0v) is 18.9. The summed E-state index contributed by atoms with van der Waals surface area (Å²) in [5.74, 6) is 2.88. The standard InChI is InChI=1S/C27H31N3O3/c31-26(29-12-8-21-16-19-6-7-20(21)15-19)22-3-1-5-25(17-22)33-24-9-13-30(14-10-24)27(32)23-4-2-11-28-18-23/h1-7,11,17-21,24H,8-10,12-16H2,(H,29,31). The van der Waals surface area contributed by atoms with Gasteiger partial charge in [-0.05, 0) is 67.3 Å². The summed E-state index contributed by atoms with van der Waals surface area (Å²) in [6.45, 7) is 2.02. The predicted octanol–water partition coefficient (Wildman–Crippen LogP) is 4.10. The van der Waals surface area contributed by atoms with Crippen LogP contribution in [0.5, 0.6) is 5.75 Å². The first-order valence-electron chi connectivity index (χ1n) is 12.1. The zero-order chi connectivity index (χ0) is 22.6. The highest BCUT2D eigenvalue weighted by Crippen LogP contribution is 2.44. The molecule has 1 saturated carbocycles. The molecule has 1 aromatic heterocycles. The molecular formula is C27H31N3O3. The number of allylic oxidation sites excluding steroid dienone is 2. The summed E-state index contributed by atoms with van der Waals surface area (Å²) in [5, 5.41) is 3.08. The number of rotatable bonds is 7. The van der Waals surface area contributed by atoms with Gasteiger partial charge < -0.3 is 15.0 Å². The molecule has 1 saturated heterocycles. The Morgan fingerprint density at radius 1 is 1.06 bits per heavy atom. The Morgan fingerprint density at radius 2 is 1.91 bits per heavy atom. The van der Waals surface area contributed by atoms with Crippen LogP contribution in [-0.2, 0) is 0 Å². The molecule has 2 aliphatic carbocycles. The smallest absolute Gasteiger partial charge is 0.255 e. The number of amides is 2. The Bertz CT molecular complexity index is 1010. The van der Waals surface area contributed by atoms with E-state index in [1.165, 1.54) is 12.8 Å². The minimum Gasteiger partial charge on any atom is -0.490 e. The van der Waals surface area contributed by atoms with Crippen molar-refractivity contribution in [2.45, 2.75) is 38.2 Å². The third-order valence-electron chi connectivity index (χ3n) is 7.25. The number of fused-ring (bicyclic) bond motifs is 2. The highest BCUT2D eigenvalue weighted by molar-refractivity contribution is 5.94. The van der Waals surface area contributed by atoms with Gasteiger partial charge >= 0.3 is 0 Å². The van der Waals surface area contributed by atoms with Crippen LogP contribution < -0.4 is 10.1 Å². The number of aromatic nitrogens is 1. The van der Waals surface area contributed by atoms with E-state index in [4.69, 9.17) is 4.74 Å². The average Bonchev–Trinajstić information content (AvgIpc) is 3.48. The van der Waals surface area contributed by atoms with Gasteiger partial charge in [-0.1, -0.05) is 18.2 Å². The lowest BCUT2D eigenvalue weighted by Crippen LogP contribution is -2.41. The topological polar surface area (TPSA) is 71.5 Å². The maximum absolute atomic E-state index is 12.6. The van der Waals surface area contributed by atoms with Crippen molar-refractivity contribution in [3.8, 4) is 5.75 Å². The Morgan fingerprint density at radius 3 is 2.64 bits per heavy atom. The van der Waals surface area contributed by atoms with E-state index in [1.54, 1.807) is 24.5 Å². The summed E-state index contributed by atoms with van der Waals surface area (Å²) in [7, 11) is 0. The number of ether oxygens (including phenoxy) is 1. The summed E-state index contributed by atoms with van der Waals surface area (Å²) < 4.78 is 6.16. The number of hydrogen-bond acceptors (Lipinski definition) is 4. The van der Waals surface area contributed by atoms with Crippen LogP contribution in [0.3, 0.4) is 0 Å². The highest BCUT2D eigenvalue weighted by Gasteiger charge is 2.35. The van der Waals surface area contributed by atoms with Crippen molar-refractivity contribution in [1.29, 1.82) is 0 Å². The fraction of sp³-hybridized carbons (Fsp3) is 0.444. The van der Waals surface area contributed by atoms with Gasteiger partial charge in [0, 0.05) is 50.4 Å². The van der Waals surface area contributed by atoms with Gasteiger partial charge in [0.1, 0.15) is 11.9 Å². The van der Waals surface area contributed by atoms with Gasteiger partial charge in [-0.15, -0.1) is 0 Å². The molecule has 3 unspecified atom stereocenters. The lowest BCUT2D eigenvalue weighted by atomic mass is 9.90. The molecule has 2 bridgehead atoms. The number of likely N-dealkylation sites (tertiary alicyclic amines) is 1. The molecule has 0 spiro atoms. The monoisotopic (exact) mass is 445 g/mol. The second-order valence-corrected chi connectivity index (χ2v) is 9.46. The Hall–Kier alpha value is -3.15. The van der Waals surface area contributed by atoms with E-state index < -0.39 is 0 Å². The summed E-state index contributed by atoms with van der Waals surface area (Å²) >= 11 is 0. The molecule has 0 radical (unpaired) electrons. The SMILES string of the molecule is O=C(NCCC1CC2C=CC1C2)c1cccc(OC2CCN(C(=O)c3cccnc3)CC2)c1. The van der Waals surface area contributed by atoms with Crippen molar-refractivity contribution in [2.24, 2.45) is 17.8 Å². The summed E-state index contributed by atoms with van der Waals surface area (Å²) in [6, 6.07) is 11.0. The van der Waals surface area contributed by atoms with Gasteiger partial charge in [-0.2, -0.15) is 0 Å². The number of nitrogens with one attached hydrogen (secondary N) is 1. The molecule has 2 heterocycles. The van der Waals surface area contributed by atoms with Crippen LogP contribution >= 0.6 is 0 Å². The van der Waals surface area contributed by atoms with Crippen LogP contribution in [-0.4, -0.2) is 47.4 Å². The van der Waals surface area contributed by atoms with Crippen LogP contribution in [0.1, 0.15) is 52.8 Å². The van der Waals surface area contributed by atoms with Crippen molar-refractivity contribution in [2.75, 3.05) is 19.6 Å². The van der Waals surface area contributed by atoms with Crippen LogP contribution in [0.4, 0.5) is 0 Å². The Balaban J connectivity index is 1.08. The van der Waals surface area contributed by atoms with Gasteiger partial charge in [-0.25, -0.2) is 0 Å². The molecule has 2 amide bonds. The van der Waals surface area contributed by atoms with E-state index >= 15 is 0 Å². The molecule has 6 heteroatoms. The Kier molecular flexibility index (Phi) is 6.42. The van der Waals surface area contributed by atoms with Gasteiger partial charge in [0.25, 0.3) is 11.8 Å². The maximum atomic E-state index is 12.6. The first kappa shape index (κ1) is 21.7. The molecule has 6 nitrogen and oxygen atoms in total. The van der Waals surface area contributed by atoms with Crippen LogP contribution in [0.2, 0.25) is 0 Å². The number of pyridine rings is 1. The van der Waals surface area contributed by atoms with Gasteiger partial charge in [0.2, 0.25) is 0 Å². The fourth-order valence-electron chi connectivity index (χ4n) is 5.45. The minimum atomic E-state index is -0.0453. The number of carbonyl (C=O) groups is 2. The number of carbonyl (C=O) groups excluding carboxylic acids is 2. The normalized spacial score (nSPS) is 24.1. The molecule has 3 aliphatic rings. The summed E-state index contributed by atoms with van der Waals surface area (Å²) in [4.78, 5) is 31.1. The van der Waals surface area contributed by atoms with Crippen molar-refractivity contribution >= 4 is 11.8 Å². The first-order valence-corrected chi connectivity index (χ1v) is 12.1. The first-order chi connectivity index (χ1) is 16.2. The predicted molar refractivity (Wildman–Crippen MR) is 126 cm³/mol. The van der Waals surface area contributed by atoms with Crippen molar-refractivity contribution in [3.63, 3.8) is 0 Å². The van der Waals surface area contributed by atoms with Crippen LogP contribution in [0, 0.1) is 17.8 Å². The number of piperidine rings is 1. The second kappa shape index (κ2) is 9.77. The lowest BCUT2D eigenvalue weighted by Gasteiger charge is -2.32. The zero-order valence-electron chi connectivity index (χ0n) is 18.9. The fourth-order valence-corrected chi connectivity index (χ4v) is 5.45. The van der Waals surface area contributed by atoms with Gasteiger partial charge in [-0.3, -0.25) is 14.6 Å². The van der Waals surface area contributed by atoms with Crippen molar-refractivity contribution < 1.29 is 14.3 Å². The third kappa shape index (κ3) is 5.10. The molecule has 1 aliphatic heterocycles. The highest BCUT2D eigenvalue weighted by atomic mass is 16.5. The van der Waals surface area contributed by atoms with E-state index in [0.717, 1.165) is 37.6 Å². The molecular weight excluding hydrogens is 414 g/mol. The summed E-state index contributed by atoms with van der Waals surface area (Å²) in [6.07, 6.45) is 13.2. The minimum absolute atomic E-state index is 0.0154. The lowest BCUT2D eigenvalue weighted by molar-refractivity contribution is 0.0594. The summed E-state index contributed by atoms with van der Waals surface area (Å²) in [5.41, 5.74) is 1.25. The average molecular weight is 446 g/mol. The molecule has 3 atom stereocenters. The molecule has 172 valence electrons. The van der Waals surface area contributed by atoms with Gasteiger partial charge in [0.15, 0.2) is 0 Å². The largest absolute Gasteiger partial charge is 0.490 e. The molecule has 5 rings (SSSR count). The van der Waals surface area contributed by atoms with Gasteiger partial charge in [0.05, 0.1) is 5.56 Å². The molecule has 2 aromatic rings. The van der Waals surface area contributed by atoms with Crippen molar-refractivity contribution in [3.05, 3.63) is 72.1 Å². The number of nitrogens with zero attached hydrogens (tertiary/aromatic N) is 2. The van der Waals surface area contributed by atoms with E-state index in [2.05, 4.69) is 22.5 Å². The van der Waals surface area contributed by atoms with Crippen LogP contribution in [0.25, 0.3) is 0 Å². The van der Waals surface area contributed by atoms with E-state index in [9.17, 15) is 9.59 Å².